The Morgan fingerprint density at radius 2 is 1.25 bits per heavy atom. The second-order valence-corrected chi connectivity index (χ2v) is 0. The van der Waals surface area contributed by atoms with Crippen LogP contribution in [0.15, 0.2) is 0 Å². The summed E-state index contributed by atoms with van der Waals surface area (Å²) in [5, 5.41) is 0. The predicted molar refractivity (Wildman–Crippen MR) is 18.5 cm³/mol. The van der Waals surface area contributed by atoms with Crippen molar-refractivity contribution in [3.63, 3.8) is 0 Å². The second kappa shape index (κ2) is 27.8. The van der Waals surface area contributed by atoms with Crippen LogP contribution in [-0.4, -0.2) is 17.6 Å². The van der Waals surface area contributed by atoms with Crippen LogP contribution in [0.25, 0.3) is 0 Å². The van der Waals surface area contributed by atoms with E-state index in [2.05, 4.69) is 7.44 Å². The molecule has 0 aromatic heterocycles. The maximum atomic E-state index is 2.14. The molecule has 0 aliphatic carbocycles. The van der Waals surface area contributed by atoms with Crippen LogP contribution in [0.2, 0.25) is 0 Å². The van der Waals surface area contributed by atoms with Gasteiger partial charge in [-0.3, -0.25) is 0 Å². The van der Waals surface area contributed by atoms with Gasteiger partial charge in [-0.05, 0) is 10.1 Å². The summed E-state index contributed by atoms with van der Waals surface area (Å²) in [5.41, 5.74) is 0. The van der Waals surface area contributed by atoms with Crippen LogP contribution in [0.3, 0.4) is 0 Å². The summed E-state index contributed by atoms with van der Waals surface area (Å²) >= 11 is 0. The molecule has 0 heterocycles. The van der Waals surface area contributed by atoms with E-state index in [-0.39, 0.29) is 33.6 Å². The van der Waals surface area contributed by atoms with E-state index in [1.807, 2.05) is 0 Å². The Kier molecular flexibility index (Phi) is 129. The molecule has 0 amide bonds. The van der Waals surface area contributed by atoms with Crippen LogP contribution in [0.4, 0.5) is 0 Å². The first-order valence-corrected chi connectivity index (χ1v) is 3.00. The van der Waals surface area contributed by atoms with Gasteiger partial charge in [0.2, 0.25) is 0 Å². The molecule has 0 aliphatic heterocycles. The summed E-state index contributed by atoms with van der Waals surface area (Å²) in [6.45, 7) is 0. The fourth-order valence-corrected chi connectivity index (χ4v) is 0. The molecule has 0 unspecified atom stereocenters. The van der Waals surface area contributed by atoms with Gasteiger partial charge < -0.3 is 0 Å². The summed E-state index contributed by atoms with van der Waals surface area (Å²) in [6, 6.07) is 0. The minimum atomic E-state index is 0. The van der Waals surface area contributed by atoms with Gasteiger partial charge in [0, 0.05) is 33.6 Å². The molecule has 0 rings (SSSR count). The molecule has 0 saturated heterocycles. The summed E-state index contributed by atoms with van der Waals surface area (Å²) in [4.78, 5) is 0. The van der Waals surface area contributed by atoms with E-state index in [0.717, 1.165) is 0 Å². The molecule has 4 heteroatoms. The SMILES string of the molecule is B[SiH3].[Fe].[Ni]. The molecule has 0 fully saturated rings. The molecule has 0 spiro atoms. The number of rotatable bonds is 0. The molecule has 0 aromatic rings. The van der Waals surface area contributed by atoms with Gasteiger partial charge in [0.05, 0.1) is 7.44 Å². The molecule has 0 N–H and O–H groups in total. The van der Waals surface area contributed by atoms with Crippen LogP contribution < -0.4 is 0 Å². The molecule has 0 saturated carbocycles. The van der Waals surface area contributed by atoms with Gasteiger partial charge in [0.15, 0.2) is 0 Å². The van der Waals surface area contributed by atoms with Crippen molar-refractivity contribution in [2.45, 2.75) is 0 Å². The first kappa shape index (κ1) is 18.5. The van der Waals surface area contributed by atoms with Gasteiger partial charge in [0.25, 0.3) is 0 Å². The second-order valence-electron chi connectivity index (χ2n) is 0. The van der Waals surface area contributed by atoms with Crippen LogP contribution in [-0.2, 0) is 33.6 Å². The van der Waals surface area contributed by atoms with E-state index in [9.17, 15) is 0 Å². The third-order valence-electron chi connectivity index (χ3n) is 0. The topological polar surface area (TPSA) is 0 Å². The Morgan fingerprint density at radius 3 is 1.25 bits per heavy atom. The van der Waals surface area contributed by atoms with E-state index in [1.165, 1.54) is 10.1 Å². The fourth-order valence-electron chi connectivity index (χ4n) is 0. The first-order valence-electron chi connectivity index (χ1n) is 1.00. The molecule has 4 heavy (non-hydrogen) atoms. The van der Waals surface area contributed by atoms with Crippen molar-refractivity contribution < 1.29 is 33.6 Å². The average molecular weight is 158 g/mol. The summed E-state index contributed by atoms with van der Waals surface area (Å²) < 4.78 is 0. The first-order chi connectivity index (χ1) is 1.00. The monoisotopic (exact) mass is 158 g/mol. The normalized spacial score (nSPS) is 2.00. The molecular formula is H5BFeNiSi. The van der Waals surface area contributed by atoms with E-state index in [4.69, 9.17) is 0 Å². The Labute approximate surface area is 51.3 Å². The van der Waals surface area contributed by atoms with Gasteiger partial charge in [-0.25, -0.2) is 0 Å². The van der Waals surface area contributed by atoms with Crippen LogP contribution >= 0.6 is 0 Å². The quantitative estimate of drug-likeness (QED) is 0.354. The average Bonchev–Trinajstić information content (AvgIpc) is 1.00. The third kappa shape index (κ3) is 10.3. The van der Waals surface area contributed by atoms with Gasteiger partial charge in [-0.2, -0.15) is 0 Å². The van der Waals surface area contributed by atoms with Gasteiger partial charge in [0.1, 0.15) is 0 Å². The van der Waals surface area contributed by atoms with E-state index in [1.54, 1.807) is 0 Å². The van der Waals surface area contributed by atoms with Crippen molar-refractivity contribution in [1.82, 2.24) is 0 Å². The van der Waals surface area contributed by atoms with Crippen LogP contribution in [0.1, 0.15) is 0 Å². The van der Waals surface area contributed by atoms with Crippen molar-refractivity contribution in [2.75, 3.05) is 0 Å². The standard InChI is InChI=1S/BH5Si.Fe.Ni/c1-2;;/h1H2,2H3;;. The van der Waals surface area contributed by atoms with E-state index < -0.39 is 0 Å². The van der Waals surface area contributed by atoms with Crippen LogP contribution in [0, 0.1) is 0 Å². The van der Waals surface area contributed by atoms with E-state index in [0.29, 0.717) is 0 Å². The maximum Gasteiger partial charge on any atom is 0.0852 e. The zero-order valence-electron chi connectivity index (χ0n) is 2.67. The van der Waals surface area contributed by atoms with Crippen molar-refractivity contribution in [1.29, 1.82) is 0 Å². The van der Waals surface area contributed by atoms with E-state index >= 15 is 0 Å². The third-order valence-corrected chi connectivity index (χ3v) is 0. The van der Waals surface area contributed by atoms with Crippen molar-refractivity contribution in [3.8, 4) is 0 Å². The van der Waals surface area contributed by atoms with Crippen molar-refractivity contribution in [3.05, 3.63) is 0 Å². The Hall–Kier alpha value is 1.29. The molecule has 0 bridgehead atoms. The maximum absolute atomic E-state index is 2.14. The molecular weight excluding hydrogens is 153 g/mol. The minimum absolute atomic E-state index is 0. The smallest absolute Gasteiger partial charge is 0.0304 e. The van der Waals surface area contributed by atoms with Gasteiger partial charge in [-0.1, -0.05) is 0 Å². The zero-order chi connectivity index (χ0) is 2.00. The Balaban J connectivity index is -0.00000000500. The minimum Gasteiger partial charge on any atom is -0.0304 e. The summed E-state index contributed by atoms with van der Waals surface area (Å²) in [5.74, 6) is 0. The molecule has 0 aromatic carbocycles. The van der Waals surface area contributed by atoms with Crippen molar-refractivity contribution in [2.24, 2.45) is 0 Å². The Morgan fingerprint density at radius 1 is 1.25 bits per heavy atom. The van der Waals surface area contributed by atoms with Gasteiger partial charge >= 0.3 is 0 Å². The van der Waals surface area contributed by atoms with Crippen molar-refractivity contribution >= 4 is 17.6 Å². The molecule has 0 atom stereocenters. The predicted octanol–water partition coefficient (Wildman–Crippen LogP) is -2.11. The van der Waals surface area contributed by atoms with Crippen LogP contribution in [0.5, 0.6) is 0 Å². The number of hydrogen-bond donors (Lipinski definition) is 0. The molecule has 0 radical (unpaired) electrons. The van der Waals surface area contributed by atoms with Gasteiger partial charge in [-0.15, -0.1) is 0 Å². The fraction of sp³-hybridized carbons (Fsp3) is 0. The molecule has 30 valence electrons. The summed E-state index contributed by atoms with van der Waals surface area (Å²) in [7, 11) is 3.44. The molecule has 0 aliphatic rings. The number of hydrogen-bond acceptors (Lipinski definition) is 0. The largest absolute Gasteiger partial charge is 0.0852 e. The Bertz CT molecular complexity index is 8.00. The molecule has 0 nitrogen and oxygen atoms in total. The zero-order valence-corrected chi connectivity index (χ0v) is 6.76. The summed E-state index contributed by atoms with van der Waals surface area (Å²) in [6.07, 6.45) is 0.